The van der Waals surface area contributed by atoms with Crippen LogP contribution in [0.25, 0.3) is 0 Å². The molecule has 150 valence electrons. The van der Waals surface area contributed by atoms with E-state index in [9.17, 15) is 9.59 Å². The molecule has 0 aliphatic rings. The second-order valence-corrected chi connectivity index (χ2v) is 7.00. The van der Waals surface area contributed by atoms with Crippen LogP contribution in [-0.4, -0.2) is 35.9 Å². The Kier molecular flexibility index (Phi) is 8.61. The van der Waals surface area contributed by atoms with Crippen molar-refractivity contribution in [3.05, 3.63) is 64.1 Å². The highest BCUT2D eigenvalue weighted by molar-refractivity contribution is 6.42. The first-order valence-corrected chi connectivity index (χ1v) is 9.90. The van der Waals surface area contributed by atoms with Crippen LogP contribution in [0, 0.1) is 0 Å². The Balaban J connectivity index is 2.21. The van der Waals surface area contributed by atoms with E-state index in [1.54, 1.807) is 30.3 Å². The number of carbonyl (C=O) groups is 2. The Morgan fingerprint density at radius 1 is 1.07 bits per heavy atom. The Labute approximate surface area is 175 Å². The molecule has 2 rings (SSSR count). The largest absolute Gasteiger partial charge is 0.484 e. The van der Waals surface area contributed by atoms with Crippen molar-refractivity contribution in [1.29, 1.82) is 0 Å². The zero-order valence-electron chi connectivity index (χ0n) is 16.0. The molecule has 1 atom stereocenters. The number of nitrogens with one attached hydrogen (secondary N) is 1. The standard InChI is InChI=1S/C21H24Cl2N2O3/c1-3-19(21(27)24-4-2)25(13-15-10-11-17(22)18(23)12-15)20(26)14-28-16-8-6-5-7-9-16/h5-12,19H,3-4,13-14H2,1-2H3,(H,24,27). The maximum Gasteiger partial charge on any atom is 0.261 e. The van der Waals surface area contributed by atoms with E-state index in [4.69, 9.17) is 27.9 Å². The average molecular weight is 423 g/mol. The van der Waals surface area contributed by atoms with Gasteiger partial charge in [0.2, 0.25) is 5.91 Å². The zero-order valence-corrected chi connectivity index (χ0v) is 17.5. The molecular weight excluding hydrogens is 399 g/mol. The van der Waals surface area contributed by atoms with Crippen molar-refractivity contribution in [3.8, 4) is 5.75 Å². The third kappa shape index (κ3) is 6.14. The number of benzene rings is 2. The lowest BCUT2D eigenvalue weighted by molar-refractivity contribution is -0.142. The van der Waals surface area contributed by atoms with Crippen molar-refractivity contribution in [2.45, 2.75) is 32.9 Å². The minimum absolute atomic E-state index is 0.165. The molecule has 7 heteroatoms. The molecule has 1 N–H and O–H groups in total. The lowest BCUT2D eigenvalue weighted by Crippen LogP contribution is -2.50. The third-order valence-corrected chi connectivity index (χ3v) is 4.92. The van der Waals surface area contributed by atoms with E-state index in [-0.39, 0.29) is 25.0 Å². The fourth-order valence-electron chi connectivity index (χ4n) is 2.79. The predicted molar refractivity (Wildman–Crippen MR) is 112 cm³/mol. The van der Waals surface area contributed by atoms with Crippen LogP contribution in [-0.2, 0) is 16.1 Å². The average Bonchev–Trinajstić information content (AvgIpc) is 2.69. The van der Waals surface area contributed by atoms with Crippen molar-refractivity contribution < 1.29 is 14.3 Å². The van der Waals surface area contributed by atoms with E-state index in [0.717, 1.165) is 5.56 Å². The predicted octanol–water partition coefficient (Wildman–Crippen LogP) is 4.32. The molecule has 0 aromatic heterocycles. The Morgan fingerprint density at radius 3 is 2.39 bits per heavy atom. The van der Waals surface area contributed by atoms with Gasteiger partial charge in [0.25, 0.3) is 5.91 Å². The topological polar surface area (TPSA) is 58.6 Å². The molecule has 2 aromatic carbocycles. The number of halogens is 2. The number of ether oxygens (including phenoxy) is 1. The minimum atomic E-state index is -0.610. The van der Waals surface area contributed by atoms with Gasteiger partial charge in [-0.25, -0.2) is 0 Å². The molecule has 5 nitrogen and oxygen atoms in total. The van der Waals surface area contributed by atoms with Crippen molar-refractivity contribution in [2.75, 3.05) is 13.2 Å². The number of amides is 2. The normalized spacial score (nSPS) is 11.6. The first-order valence-electron chi connectivity index (χ1n) is 9.15. The van der Waals surface area contributed by atoms with Crippen LogP contribution < -0.4 is 10.1 Å². The van der Waals surface area contributed by atoms with Crippen LogP contribution in [0.15, 0.2) is 48.5 Å². The van der Waals surface area contributed by atoms with Crippen LogP contribution in [0.2, 0.25) is 10.0 Å². The Bertz CT molecular complexity index is 799. The summed E-state index contributed by atoms with van der Waals surface area (Å²) >= 11 is 12.1. The molecule has 0 saturated carbocycles. The smallest absolute Gasteiger partial charge is 0.261 e. The summed E-state index contributed by atoms with van der Waals surface area (Å²) in [5.41, 5.74) is 0.783. The molecule has 0 heterocycles. The molecule has 0 spiro atoms. The van der Waals surface area contributed by atoms with E-state index < -0.39 is 6.04 Å². The first kappa shape index (κ1) is 22.1. The number of hydrogen-bond donors (Lipinski definition) is 1. The molecule has 2 amide bonds. The zero-order chi connectivity index (χ0) is 20.5. The van der Waals surface area contributed by atoms with Crippen LogP contribution in [0.4, 0.5) is 0 Å². The van der Waals surface area contributed by atoms with Crippen LogP contribution in [0.3, 0.4) is 0 Å². The molecule has 28 heavy (non-hydrogen) atoms. The first-order chi connectivity index (χ1) is 13.5. The van der Waals surface area contributed by atoms with Gasteiger partial charge in [0.05, 0.1) is 10.0 Å². The number of likely N-dealkylation sites (N-methyl/N-ethyl adjacent to an activating group) is 1. The molecule has 0 fully saturated rings. The van der Waals surface area contributed by atoms with Crippen molar-refractivity contribution in [3.63, 3.8) is 0 Å². The summed E-state index contributed by atoms with van der Waals surface area (Å²) in [4.78, 5) is 27.0. The molecule has 0 bridgehead atoms. The minimum Gasteiger partial charge on any atom is -0.484 e. The quantitative estimate of drug-likeness (QED) is 0.654. The fourth-order valence-corrected chi connectivity index (χ4v) is 3.11. The third-order valence-electron chi connectivity index (χ3n) is 4.18. The number of rotatable bonds is 9. The summed E-state index contributed by atoms with van der Waals surface area (Å²) < 4.78 is 5.59. The van der Waals surface area contributed by atoms with Gasteiger partial charge in [-0.2, -0.15) is 0 Å². The molecule has 0 aliphatic heterocycles. The van der Waals surface area contributed by atoms with Gasteiger partial charge in [-0.1, -0.05) is 54.4 Å². The van der Waals surface area contributed by atoms with Gasteiger partial charge in [-0.3, -0.25) is 9.59 Å². The summed E-state index contributed by atoms with van der Waals surface area (Å²) in [5, 5.41) is 3.63. The van der Waals surface area contributed by atoms with Crippen LogP contribution in [0.5, 0.6) is 5.75 Å². The van der Waals surface area contributed by atoms with Crippen molar-refractivity contribution >= 4 is 35.0 Å². The number of para-hydroxylation sites is 1. The highest BCUT2D eigenvalue weighted by Gasteiger charge is 2.28. The van der Waals surface area contributed by atoms with Gasteiger partial charge in [-0.15, -0.1) is 0 Å². The van der Waals surface area contributed by atoms with Crippen molar-refractivity contribution in [1.82, 2.24) is 10.2 Å². The molecule has 1 unspecified atom stereocenters. The molecule has 0 aliphatic carbocycles. The van der Waals surface area contributed by atoms with Gasteiger partial charge in [-0.05, 0) is 43.2 Å². The van der Waals surface area contributed by atoms with Crippen molar-refractivity contribution in [2.24, 2.45) is 0 Å². The Hall–Kier alpha value is -2.24. The van der Waals surface area contributed by atoms with Gasteiger partial charge >= 0.3 is 0 Å². The number of nitrogens with zero attached hydrogens (tertiary/aromatic N) is 1. The van der Waals surface area contributed by atoms with E-state index in [0.29, 0.717) is 28.8 Å². The van der Waals surface area contributed by atoms with E-state index in [1.165, 1.54) is 4.90 Å². The molecule has 0 radical (unpaired) electrons. The maximum atomic E-state index is 12.9. The number of hydrogen-bond acceptors (Lipinski definition) is 3. The second kappa shape index (κ2) is 10.9. The summed E-state index contributed by atoms with van der Waals surface area (Å²) in [7, 11) is 0. The van der Waals surface area contributed by atoms with E-state index >= 15 is 0 Å². The molecule has 2 aromatic rings. The Morgan fingerprint density at radius 2 is 1.79 bits per heavy atom. The van der Waals surface area contributed by atoms with Crippen LogP contribution >= 0.6 is 23.2 Å². The number of carbonyl (C=O) groups excluding carboxylic acids is 2. The summed E-state index contributed by atoms with van der Waals surface area (Å²) in [6, 6.07) is 13.6. The highest BCUT2D eigenvalue weighted by Crippen LogP contribution is 2.24. The van der Waals surface area contributed by atoms with E-state index in [1.807, 2.05) is 32.0 Å². The van der Waals surface area contributed by atoms with E-state index in [2.05, 4.69) is 5.32 Å². The van der Waals surface area contributed by atoms with Crippen LogP contribution in [0.1, 0.15) is 25.8 Å². The SMILES string of the molecule is CCNC(=O)C(CC)N(Cc1ccc(Cl)c(Cl)c1)C(=O)COc1ccccc1. The van der Waals surface area contributed by atoms with Gasteiger partial charge < -0.3 is 15.0 Å². The summed E-state index contributed by atoms with van der Waals surface area (Å²) in [6.07, 6.45) is 0.476. The lowest BCUT2D eigenvalue weighted by Gasteiger charge is -2.30. The van der Waals surface area contributed by atoms with Gasteiger partial charge in [0.1, 0.15) is 11.8 Å². The monoisotopic (exact) mass is 422 g/mol. The van der Waals surface area contributed by atoms with Gasteiger partial charge in [0.15, 0.2) is 6.61 Å². The fraction of sp³-hybridized carbons (Fsp3) is 0.333. The maximum absolute atomic E-state index is 12.9. The van der Waals surface area contributed by atoms with Gasteiger partial charge in [0, 0.05) is 13.1 Å². The lowest BCUT2D eigenvalue weighted by atomic mass is 10.1. The summed E-state index contributed by atoms with van der Waals surface area (Å²) in [5.74, 6) is 0.113. The second-order valence-electron chi connectivity index (χ2n) is 6.19. The molecular formula is C21H24Cl2N2O3. The highest BCUT2D eigenvalue weighted by atomic mass is 35.5. The molecule has 0 saturated heterocycles. The summed E-state index contributed by atoms with van der Waals surface area (Å²) in [6.45, 7) is 4.26.